The van der Waals surface area contributed by atoms with Crippen molar-refractivity contribution in [2.75, 3.05) is 6.67 Å². The van der Waals surface area contributed by atoms with Crippen molar-refractivity contribution in [2.45, 2.75) is 5.72 Å². The van der Waals surface area contributed by atoms with E-state index in [0.717, 1.165) is 11.1 Å². The van der Waals surface area contributed by atoms with E-state index in [-0.39, 0.29) is 5.91 Å². The summed E-state index contributed by atoms with van der Waals surface area (Å²) in [6.45, 7) is 0.391. The molecule has 2 atom stereocenters. The molecule has 0 bridgehead atoms. The minimum absolute atomic E-state index is 0.0540. The van der Waals surface area contributed by atoms with Crippen molar-refractivity contribution in [1.82, 2.24) is 10.4 Å². The zero-order valence-corrected chi connectivity index (χ0v) is 10.2. The van der Waals surface area contributed by atoms with Crippen LogP contribution in [0.1, 0.15) is 21.5 Å². The van der Waals surface area contributed by atoms with Crippen LogP contribution in [-0.4, -0.2) is 17.6 Å². The van der Waals surface area contributed by atoms with Crippen molar-refractivity contribution in [2.24, 2.45) is 0 Å². The molecule has 2 aromatic rings. The highest BCUT2D eigenvalue weighted by atomic mass is 16.9. The van der Waals surface area contributed by atoms with Gasteiger partial charge in [0.15, 0.2) is 0 Å². The van der Waals surface area contributed by atoms with Crippen LogP contribution in [0.4, 0.5) is 0 Å². The maximum Gasteiger partial charge on any atom is 0.252 e. The summed E-state index contributed by atoms with van der Waals surface area (Å²) in [4.78, 5) is 17.9. The Bertz CT molecular complexity index is 656. The second-order valence-corrected chi connectivity index (χ2v) is 4.69. The Morgan fingerprint density at radius 1 is 1.05 bits per heavy atom. The molecule has 4 rings (SSSR count). The molecule has 2 aliphatic heterocycles. The Balaban J connectivity index is 1.95. The Kier molecular flexibility index (Phi) is 2.07. The van der Waals surface area contributed by atoms with Gasteiger partial charge in [0.05, 0.1) is 6.67 Å². The summed E-state index contributed by atoms with van der Waals surface area (Å²) in [7, 11) is 0. The summed E-state index contributed by atoms with van der Waals surface area (Å²) in [5.41, 5.74) is 2.00. The maximum atomic E-state index is 12.1. The fraction of sp³-hybridized carbons (Fsp3) is 0.133. The van der Waals surface area contributed by atoms with E-state index < -0.39 is 5.72 Å². The van der Waals surface area contributed by atoms with Crippen LogP contribution in [0, 0.1) is 0 Å². The van der Waals surface area contributed by atoms with E-state index >= 15 is 0 Å². The van der Waals surface area contributed by atoms with Gasteiger partial charge >= 0.3 is 0 Å². The molecule has 0 aliphatic carbocycles. The molecular weight excluding hydrogens is 240 g/mol. The smallest absolute Gasteiger partial charge is 0.252 e. The maximum absolute atomic E-state index is 12.1. The van der Waals surface area contributed by atoms with E-state index in [9.17, 15) is 4.79 Å². The van der Waals surface area contributed by atoms with Crippen LogP contribution in [0.2, 0.25) is 0 Å². The number of hydrogen-bond donors (Lipinski definition) is 1. The SMILES string of the molecule is O=C1NCN2OC2(c2ccccc2)c2ccccc21. The molecule has 2 aromatic carbocycles. The normalized spacial score (nSPS) is 27.8. The minimum atomic E-state index is -0.614. The molecule has 19 heavy (non-hydrogen) atoms. The van der Waals surface area contributed by atoms with Crippen LogP contribution in [0.15, 0.2) is 54.6 Å². The molecule has 2 aliphatic rings. The van der Waals surface area contributed by atoms with Crippen molar-refractivity contribution in [3.8, 4) is 0 Å². The van der Waals surface area contributed by atoms with E-state index in [1.54, 1.807) is 5.06 Å². The van der Waals surface area contributed by atoms with Crippen LogP contribution in [0.5, 0.6) is 0 Å². The Labute approximate surface area is 110 Å². The number of amides is 1. The number of hydroxylamine groups is 2. The van der Waals surface area contributed by atoms with Gasteiger partial charge < -0.3 is 5.32 Å². The average molecular weight is 252 g/mol. The summed E-state index contributed by atoms with van der Waals surface area (Å²) in [5, 5.41) is 4.65. The molecule has 0 radical (unpaired) electrons. The molecule has 0 spiro atoms. The van der Waals surface area contributed by atoms with Crippen molar-refractivity contribution in [1.29, 1.82) is 0 Å². The summed E-state index contributed by atoms with van der Waals surface area (Å²) >= 11 is 0. The van der Waals surface area contributed by atoms with Gasteiger partial charge in [-0.1, -0.05) is 48.5 Å². The third kappa shape index (κ3) is 1.38. The topological polar surface area (TPSA) is 44.6 Å². The minimum Gasteiger partial charge on any atom is -0.337 e. The zero-order chi connectivity index (χ0) is 12.9. The summed E-state index contributed by atoms with van der Waals surface area (Å²) in [6, 6.07) is 17.6. The lowest BCUT2D eigenvalue weighted by molar-refractivity contribution is 0.0907. The molecule has 94 valence electrons. The Morgan fingerprint density at radius 2 is 1.79 bits per heavy atom. The van der Waals surface area contributed by atoms with Gasteiger partial charge in [-0.3, -0.25) is 9.63 Å². The third-order valence-electron chi connectivity index (χ3n) is 3.65. The fourth-order valence-corrected chi connectivity index (χ4v) is 2.70. The van der Waals surface area contributed by atoms with Crippen molar-refractivity contribution >= 4 is 5.91 Å². The van der Waals surface area contributed by atoms with Crippen LogP contribution in [0.25, 0.3) is 0 Å². The van der Waals surface area contributed by atoms with Gasteiger partial charge in [0.25, 0.3) is 5.91 Å². The van der Waals surface area contributed by atoms with Crippen molar-refractivity contribution < 1.29 is 9.63 Å². The number of nitrogens with zero attached hydrogens (tertiary/aromatic N) is 1. The fourth-order valence-electron chi connectivity index (χ4n) is 2.70. The van der Waals surface area contributed by atoms with Gasteiger partial charge in [-0.2, -0.15) is 0 Å². The first kappa shape index (κ1) is 10.7. The van der Waals surface area contributed by atoms with E-state index in [4.69, 9.17) is 4.84 Å². The number of rotatable bonds is 1. The van der Waals surface area contributed by atoms with E-state index in [0.29, 0.717) is 12.2 Å². The second-order valence-electron chi connectivity index (χ2n) is 4.69. The molecule has 4 heteroatoms. The van der Waals surface area contributed by atoms with Crippen molar-refractivity contribution in [3.63, 3.8) is 0 Å². The lowest BCUT2D eigenvalue weighted by Crippen LogP contribution is -2.27. The van der Waals surface area contributed by atoms with Crippen LogP contribution >= 0.6 is 0 Å². The monoisotopic (exact) mass is 252 g/mol. The standard InChI is InChI=1S/C15H12N2O2/c18-14-12-8-4-5-9-13(12)15(17(19-15)10-16-14)11-6-2-1-3-7-11/h1-9H,10H2,(H,16,18). The van der Waals surface area contributed by atoms with Crippen LogP contribution in [0.3, 0.4) is 0 Å². The highest BCUT2D eigenvalue weighted by molar-refractivity contribution is 5.96. The first-order valence-corrected chi connectivity index (χ1v) is 6.22. The second kappa shape index (κ2) is 3.66. The quantitative estimate of drug-likeness (QED) is 0.788. The van der Waals surface area contributed by atoms with Crippen molar-refractivity contribution in [3.05, 3.63) is 71.3 Å². The van der Waals surface area contributed by atoms with Gasteiger partial charge in [0.1, 0.15) is 0 Å². The van der Waals surface area contributed by atoms with E-state index in [1.165, 1.54) is 0 Å². The molecule has 4 nitrogen and oxygen atoms in total. The van der Waals surface area contributed by atoms with Gasteiger partial charge in [-0.05, 0) is 6.07 Å². The Morgan fingerprint density at radius 3 is 2.63 bits per heavy atom. The molecule has 0 aromatic heterocycles. The van der Waals surface area contributed by atoms with Gasteiger partial charge in [0, 0.05) is 16.7 Å². The predicted molar refractivity (Wildman–Crippen MR) is 68.9 cm³/mol. The molecule has 0 saturated carbocycles. The Hall–Kier alpha value is -2.17. The molecule has 2 unspecified atom stereocenters. The van der Waals surface area contributed by atoms with Gasteiger partial charge in [0.2, 0.25) is 5.72 Å². The molecular formula is C15H12N2O2. The molecule has 1 N–H and O–H groups in total. The number of hydrogen-bond acceptors (Lipinski definition) is 3. The zero-order valence-electron chi connectivity index (χ0n) is 10.2. The molecule has 2 heterocycles. The molecule has 1 amide bonds. The van der Waals surface area contributed by atoms with Crippen LogP contribution < -0.4 is 5.32 Å². The number of carbonyl (C=O) groups excluding carboxylic acids is 1. The molecule has 1 saturated heterocycles. The highest BCUT2D eigenvalue weighted by Gasteiger charge is 2.60. The number of benzene rings is 2. The summed E-state index contributed by atoms with van der Waals surface area (Å²) in [6.07, 6.45) is 0. The number of nitrogens with one attached hydrogen (secondary N) is 1. The lowest BCUT2D eigenvalue weighted by atomic mass is 9.92. The number of fused-ring (bicyclic) bond motifs is 3. The molecule has 1 fully saturated rings. The average Bonchev–Trinajstić information content (AvgIpc) is 3.21. The first-order chi connectivity index (χ1) is 9.32. The third-order valence-corrected chi connectivity index (χ3v) is 3.65. The van der Waals surface area contributed by atoms with Crippen LogP contribution in [-0.2, 0) is 10.6 Å². The summed E-state index contributed by atoms with van der Waals surface area (Å²) < 4.78 is 0. The summed E-state index contributed by atoms with van der Waals surface area (Å²) in [5.74, 6) is -0.0540. The largest absolute Gasteiger partial charge is 0.337 e. The lowest BCUT2D eigenvalue weighted by Gasteiger charge is -2.13. The predicted octanol–water partition coefficient (Wildman–Crippen LogP) is 1.84. The van der Waals surface area contributed by atoms with Gasteiger partial charge in [-0.25, -0.2) is 0 Å². The number of carbonyl (C=O) groups is 1. The highest BCUT2D eigenvalue weighted by Crippen LogP contribution is 2.51. The first-order valence-electron chi connectivity index (χ1n) is 6.22. The van der Waals surface area contributed by atoms with E-state index in [2.05, 4.69) is 5.32 Å². The van der Waals surface area contributed by atoms with Gasteiger partial charge in [-0.15, -0.1) is 5.06 Å². The van der Waals surface area contributed by atoms with E-state index in [1.807, 2.05) is 54.6 Å².